The van der Waals surface area contributed by atoms with Gasteiger partial charge in [-0.3, -0.25) is 9.78 Å². The zero-order valence-corrected chi connectivity index (χ0v) is 23.9. The van der Waals surface area contributed by atoms with Gasteiger partial charge in [0, 0.05) is 30.3 Å². The fourth-order valence-corrected chi connectivity index (χ4v) is 5.23. The Kier molecular flexibility index (Phi) is 10.2. The molecule has 0 aliphatic rings. The van der Waals surface area contributed by atoms with Crippen LogP contribution in [-0.4, -0.2) is 50.1 Å². The van der Waals surface area contributed by atoms with Crippen LogP contribution in [0.25, 0.3) is 22.5 Å². The average molecular weight is 577 g/mol. The molecule has 0 saturated heterocycles. The normalized spacial score (nSPS) is 11.4. The lowest BCUT2D eigenvalue weighted by Gasteiger charge is -2.28. The topological polar surface area (TPSA) is 101 Å². The lowest BCUT2D eigenvalue weighted by Crippen LogP contribution is -2.34. The van der Waals surface area contributed by atoms with Gasteiger partial charge in [0.1, 0.15) is 18.2 Å². The Bertz CT molecular complexity index is 1530. The molecule has 0 saturated carbocycles. The van der Waals surface area contributed by atoms with E-state index in [9.17, 15) is 17.6 Å². The second kappa shape index (κ2) is 14.0. The van der Waals surface area contributed by atoms with Crippen LogP contribution < -0.4 is 9.62 Å². The van der Waals surface area contributed by atoms with E-state index in [0.29, 0.717) is 13.0 Å². The van der Waals surface area contributed by atoms with E-state index in [1.54, 1.807) is 6.20 Å². The summed E-state index contributed by atoms with van der Waals surface area (Å²) in [6.45, 7) is 4.76. The number of hydrogen-bond acceptors (Lipinski definition) is 7. The molecular weight excluding hydrogens is 543 g/mol. The highest BCUT2D eigenvalue weighted by atomic mass is 32.2. The molecule has 1 aromatic heterocycles. The third kappa shape index (κ3) is 8.18. The van der Waals surface area contributed by atoms with Gasteiger partial charge in [0.2, 0.25) is 0 Å². The third-order valence-corrected chi connectivity index (χ3v) is 7.70. The molecule has 0 unspecified atom stereocenters. The maximum atomic E-state index is 13.1. The fourth-order valence-electron chi connectivity index (χ4n) is 4.26. The molecule has 0 radical (unpaired) electrons. The van der Waals surface area contributed by atoms with Crippen molar-refractivity contribution in [2.24, 2.45) is 0 Å². The van der Waals surface area contributed by atoms with Gasteiger partial charge in [-0.15, -0.1) is 0 Å². The number of aromatic nitrogens is 2. The SMILES string of the molecule is CC(C)N(CCCCOCC(=O)NS(=O)(=O)c1ccc(F)cc1)c1cnc(-c2ccccc2)c(-c2ccccc2)n1. The van der Waals surface area contributed by atoms with Crippen molar-refractivity contribution < 1.29 is 22.3 Å². The van der Waals surface area contributed by atoms with Crippen LogP contribution in [0.3, 0.4) is 0 Å². The van der Waals surface area contributed by atoms with Gasteiger partial charge in [0.05, 0.1) is 22.5 Å². The van der Waals surface area contributed by atoms with Crippen LogP contribution in [-0.2, 0) is 19.6 Å². The van der Waals surface area contributed by atoms with Gasteiger partial charge < -0.3 is 9.64 Å². The van der Waals surface area contributed by atoms with Crippen molar-refractivity contribution in [3.8, 4) is 22.5 Å². The smallest absolute Gasteiger partial charge is 0.264 e. The third-order valence-electron chi connectivity index (χ3n) is 6.31. The van der Waals surface area contributed by atoms with E-state index >= 15 is 0 Å². The summed E-state index contributed by atoms with van der Waals surface area (Å²) in [5, 5.41) is 0. The lowest BCUT2D eigenvalue weighted by atomic mass is 10.0. The Morgan fingerprint density at radius 2 is 1.51 bits per heavy atom. The highest BCUT2D eigenvalue weighted by Crippen LogP contribution is 2.31. The summed E-state index contributed by atoms with van der Waals surface area (Å²) in [5.41, 5.74) is 3.60. The Morgan fingerprint density at radius 3 is 2.12 bits per heavy atom. The second-order valence-electron chi connectivity index (χ2n) is 9.69. The molecule has 0 bridgehead atoms. The summed E-state index contributed by atoms with van der Waals surface area (Å²) in [6.07, 6.45) is 3.22. The van der Waals surface area contributed by atoms with Gasteiger partial charge in [-0.25, -0.2) is 22.5 Å². The van der Waals surface area contributed by atoms with Crippen molar-refractivity contribution in [2.45, 2.75) is 37.6 Å². The number of hydrogen-bond donors (Lipinski definition) is 1. The van der Waals surface area contributed by atoms with Crippen molar-refractivity contribution in [3.05, 3.63) is 96.9 Å². The number of nitrogens with one attached hydrogen (secondary N) is 1. The van der Waals surface area contributed by atoms with Crippen LogP contribution >= 0.6 is 0 Å². The first-order valence-electron chi connectivity index (χ1n) is 13.4. The number of nitrogens with zero attached hydrogens (tertiary/aromatic N) is 3. The minimum Gasteiger partial charge on any atom is -0.372 e. The summed E-state index contributed by atoms with van der Waals surface area (Å²) in [4.78, 5) is 23.9. The molecule has 0 aliphatic heterocycles. The Balaban J connectivity index is 1.33. The number of benzene rings is 3. The van der Waals surface area contributed by atoms with Crippen LogP contribution in [0, 0.1) is 5.82 Å². The second-order valence-corrected chi connectivity index (χ2v) is 11.4. The molecule has 0 aliphatic carbocycles. The maximum Gasteiger partial charge on any atom is 0.264 e. The number of carbonyl (C=O) groups is 1. The Labute approximate surface area is 240 Å². The standard InChI is InChI=1S/C31H33FN4O4S/c1-23(2)36(19-9-10-20-40-22-29(37)35-41(38,39)27-17-15-26(32)16-18-27)28-21-33-30(24-11-5-3-6-12-24)31(34-28)25-13-7-4-8-14-25/h3-8,11-18,21,23H,9-10,19-20,22H2,1-2H3,(H,35,37). The van der Waals surface area contributed by atoms with Crippen LogP contribution in [0.4, 0.5) is 10.2 Å². The van der Waals surface area contributed by atoms with Crippen molar-refractivity contribution in [1.82, 2.24) is 14.7 Å². The largest absolute Gasteiger partial charge is 0.372 e. The van der Waals surface area contributed by atoms with Gasteiger partial charge >= 0.3 is 0 Å². The molecule has 1 heterocycles. The van der Waals surface area contributed by atoms with E-state index in [-0.39, 0.29) is 17.5 Å². The highest BCUT2D eigenvalue weighted by Gasteiger charge is 2.19. The van der Waals surface area contributed by atoms with Gasteiger partial charge in [-0.2, -0.15) is 0 Å². The fraction of sp³-hybridized carbons (Fsp3) is 0.258. The number of carbonyl (C=O) groups excluding carboxylic acids is 1. The molecule has 4 rings (SSSR count). The molecule has 1 N–H and O–H groups in total. The van der Waals surface area contributed by atoms with E-state index in [1.807, 2.05) is 65.4 Å². The zero-order valence-electron chi connectivity index (χ0n) is 23.0. The van der Waals surface area contributed by atoms with Crippen molar-refractivity contribution >= 4 is 21.7 Å². The average Bonchev–Trinajstić information content (AvgIpc) is 2.97. The lowest BCUT2D eigenvalue weighted by molar-refractivity contribution is -0.123. The molecule has 10 heteroatoms. The molecule has 41 heavy (non-hydrogen) atoms. The summed E-state index contributed by atoms with van der Waals surface area (Å²) in [7, 11) is -4.09. The molecule has 0 fully saturated rings. The van der Waals surface area contributed by atoms with Gasteiger partial charge in [0.25, 0.3) is 15.9 Å². The maximum absolute atomic E-state index is 13.1. The number of unbranched alkanes of at least 4 members (excludes halogenated alkanes) is 1. The first-order valence-corrected chi connectivity index (χ1v) is 14.9. The first-order chi connectivity index (χ1) is 19.7. The van der Waals surface area contributed by atoms with Crippen LogP contribution in [0.5, 0.6) is 0 Å². The molecule has 3 aromatic carbocycles. The molecule has 1 amide bonds. The number of ether oxygens (including phenoxy) is 1. The van der Waals surface area contributed by atoms with E-state index in [0.717, 1.165) is 59.0 Å². The Morgan fingerprint density at radius 1 is 0.902 bits per heavy atom. The van der Waals surface area contributed by atoms with Gasteiger partial charge in [-0.1, -0.05) is 60.7 Å². The number of anilines is 1. The van der Waals surface area contributed by atoms with E-state index in [4.69, 9.17) is 14.7 Å². The minimum absolute atomic E-state index is 0.166. The number of sulfonamides is 1. The molecule has 0 atom stereocenters. The number of rotatable bonds is 13. The van der Waals surface area contributed by atoms with Crippen molar-refractivity contribution in [1.29, 1.82) is 0 Å². The van der Waals surface area contributed by atoms with E-state index in [1.165, 1.54) is 0 Å². The molecule has 0 spiro atoms. The number of amides is 1. The Hall–Kier alpha value is -4.15. The highest BCUT2D eigenvalue weighted by molar-refractivity contribution is 7.90. The molecule has 4 aromatic rings. The summed E-state index contributed by atoms with van der Waals surface area (Å²) in [5.74, 6) is -0.590. The quantitative estimate of drug-likeness (QED) is 0.211. The first kappa shape index (κ1) is 29.8. The summed E-state index contributed by atoms with van der Waals surface area (Å²) < 4.78 is 44.9. The number of halogens is 1. The predicted octanol–water partition coefficient (Wildman–Crippen LogP) is 5.47. The van der Waals surface area contributed by atoms with Crippen LogP contribution in [0.2, 0.25) is 0 Å². The van der Waals surface area contributed by atoms with Crippen LogP contribution in [0.15, 0.2) is 96.0 Å². The van der Waals surface area contributed by atoms with Gasteiger partial charge in [-0.05, 0) is 51.0 Å². The zero-order chi connectivity index (χ0) is 29.2. The molecule has 8 nitrogen and oxygen atoms in total. The van der Waals surface area contributed by atoms with Crippen molar-refractivity contribution in [2.75, 3.05) is 24.7 Å². The van der Waals surface area contributed by atoms with E-state index < -0.39 is 28.4 Å². The van der Waals surface area contributed by atoms with Crippen LogP contribution in [0.1, 0.15) is 26.7 Å². The molecule has 214 valence electrons. The minimum atomic E-state index is -4.09. The predicted molar refractivity (Wildman–Crippen MR) is 157 cm³/mol. The summed E-state index contributed by atoms with van der Waals surface area (Å²) in [6, 6.07) is 24.4. The van der Waals surface area contributed by atoms with Gasteiger partial charge in [0.15, 0.2) is 0 Å². The summed E-state index contributed by atoms with van der Waals surface area (Å²) >= 11 is 0. The monoisotopic (exact) mass is 576 g/mol. The van der Waals surface area contributed by atoms with Crippen molar-refractivity contribution in [3.63, 3.8) is 0 Å². The molecular formula is C31H33FN4O4S. The van der Waals surface area contributed by atoms with E-state index in [2.05, 4.69) is 18.7 Å².